The first-order valence-corrected chi connectivity index (χ1v) is 5.11. The molecule has 0 fully saturated rings. The summed E-state index contributed by atoms with van der Waals surface area (Å²) in [5.41, 5.74) is 6.06. The molecule has 6 heteroatoms. The van der Waals surface area contributed by atoms with Crippen molar-refractivity contribution < 1.29 is 4.74 Å². The third kappa shape index (κ3) is 2.53. The normalized spacial score (nSPS) is 10.1. The van der Waals surface area contributed by atoms with Crippen LogP contribution in [0.5, 0.6) is 11.8 Å². The number of aromatic nitrogens is 2. The summed E-state index contributed by atoms with van der Waals surface area (Å²) in [5, 5.41) is 0.870. The Morgan fingerprint density at radius 1 is 1.12 bits per heavy atom. The van der Waals surface area contributed by atoms with Gasteiger partial charge < -0.3 is 10.5 Å². The van der Waals surface area contributed by atoms with Crippen molar-refractivity contribution >= 4 is 28.9 Å². The lowest BCUT2D eigenvalue weighted by Crippen LogP contribution is -1.92. The van der Waals surface area contributed by atoms with Crippen molar-refractivity contribution in [1.82, 2.24) is 9.97 Å². The molecule has 2 rings (SSSR count). The average molecular weight is 256 g/mol. The fourth-order valence-corrected chi connectivity index (χ4v) is 1.30. The number of hydrogen-bond donors (Lipinski definition) is 1. The van der Waals surface area contributed by atoms with Crippen LogP contribution in [0, 0.1) is 0 Å². The van der Waals surface area contributed by atoms with Crippen molar-refractivity contribution in [1.29, 1.82) is 0 Å². The van der Waals surface area contributed by atoms with Crippen LogP contribution in [0.3, 0.4) is 0 Å². The molecule has 0 aliphatic rings. The molecule has 0 bridgehead atoms. The van der Waals surface area contributed by atoms with E-state index < -0.39 is 0 Å². The fraction of sp³-hybridized carbons (Fsp3) is 0. The first-order chi connectivity index (χ1) is 7.65. The highest BCUT2D eigenvalue weighted by Crippen LogP contribution is 2.26. The van der Waals surface area contributed by atoms with Gasteiger partial charge in [-0.25, -0.2) is 9.97 Å². The highest BCUT2D eigenvalue weighted by Gasteiger charge is 2.02. The quantitative estimate of drug-likeness (QED) is 0.838. The summed E-state index contributed by atoms with van der Waals surface area (Å²) in [6, 6.07) is 5.12. The van der Waals surface area contributed by atoms with Crippen molar-refractivity contribution in [3.8, 4) is 11.8 Å². The topological polar surface area (TPSA) is 61.0 Å². The van der Waals surface area contributed by atoms with E-state index in [9.17, 15) is 0 Å². The molecule has 1 heterocycles. The Morgan fingerprint density at radius 2 is 1.81 bits per heavy atom. The van der Waals surface area contributed by atoms with E-state index in [0.29, 0.717) is 21.5 Å². The smallest absolute Gasteiger partial charge is 0.321 e. The Hall–Kier alpha value is -1.52. The molecule has 2 aromatic rings. The maximum atomic E-state index is 5.84. The van der Waals surface area contributed by atoms with Crippen molar-refractivity contribution in [2.75, 3.05) is 5.73 Å². The Labute approximate surface area is 102 Å². The van der Waals surface area contributed by atoms with Gasteiger partial charge in [0, 0.05) is 6.07 Å². The molecule has 0 saturated heterocycles. The van der Waals surface area contributed by atoms with E-state index in [2.05, 4.69) is 9.97 Å². The van der Waals surface area contributed by atoms with Gasteiger partial charge in [-0.1, -0.05) is 23.2 Å². The molecule has 0 aliphatic carbocycles. The second kappa shape index (κ2) is 4.55. The maximum Gasteiger partial charge on any atom is 0.321 e. The van der Waals surface area contributed by atoms with Gasteiger partial charge >= 0.3 is 6.01 Å². The van der Waals surface area contributed by atoms with Crippen LogP contribution in [-0.2, 0) is 0 Å². The fourth-order valence-electron chi connectivity index (χ4n) is 1.03. The zero-order valence-corrected chi connectivity index (χ0v) is 9.53. The zero-order chi connectivity index (χ0) is 11.5. The third-order valence-electron chi connectivity index (χ3n) is 1.78. The van der Waals surface area contributed by atoms with Gasteiger partial charge in [-0.3, -0.25) is 0 Å². The minimum absolute atomic E-state index is 0.199. The van der Waals surface area contributed by atoms with Gasteiger partial charge in [0.15, 0.2) is 0 Å². The number of hydrogen-bond acceptors (Lipinski definition) is 4. The first kappa shape index (κ1) is 11.0. The second-order valence-corrected chi connectivity index (χ2v) is 3.81. The summed E-state index contributed by atoms with van der Waals surface area (Å²) in [5.74, 6) is 0.515. The lowest BCUT2D eigenvalue weighted by molar-refractivity contribution is 0.442. The van der Waals surface area contributed by atoms with Crippen molar-refractivity contribution in [3.63, 3.8) is 0 Å². The molecule has 0 atom stereocenters. The largest absolute Gasteiger partial charge is 0.424 e. The van der Waals surface area contributed by atoms with Gasteiger partial charge in [0.1, 0.15) is 5.75 Å². The number of nitrogen functional groups attached to an aromatic ring is 1. The Bertz CT molecular complexity index is 502. The summed E-state index contributed by atoms with van der Waals surface area (Å²) in [6.07, 6.45) is 2.89. The van der Waals surface area contributed by atoms with Crippen molar-refractivity contribution in [2.24, 2.45) is 0 Å². The molecule has 16 heavy (non-hydrogen) atoms. The summed E-state index contributed by atoms with van der Waals surface area (Å²) >= 11 is 11.5. The number of nitrogens with zero attached hydrogens (tertiary/aromatic N) is 2. The molecule has 2 N–H and O–H groups in total. The van der Waals surface area contributed by atoms with Crippen LogP contribution in [0.15, 0.2) is 30.6 Å². The van der Waals surface area contributed by atoms with Crippen molar-refractivity contribution in [3.05, 3.63) is 40.6 Å². The second-order valence-electron chi connectivity index (χ2n) is 2.97. The lowest BCUT2D eigenvalue weighted by Gasteiger charge is -2.04. The average Bonchev–Trinajstić information content (AvgIpc) is 2.27. The van der Waals surface area contributed by atoms with Gasteiger partial charge in [0.2, 0.25) is 0 Å². The lowest BCUT2D eigenvalue weighted by atomic mass is 10.3. The Kier molecular flexibility index (Phi) is 3.12. The predicted molar refractivity (Wildman–Crippen MR) is 63.0 cm³/mol. The SMILES string of the molecule is Nc1ccc(Oc2ncc(Cl)cn2)cc1Cl. The number of benzene rings is 1. The van der Waals surface area contributed by atoms with E-state index in [4.69, 9.17) is 33.7 Å². The molecule has 0 unspecified atom stereocenters. The van der Waals surface area contributed by atoms with Gasteiger partial charge in [0.25, 0.3) is 0 Å². The summed E-state index contributed by atoms with van der Waals surface area (Å²) in [4.78, 5) is 7.77. The molecule has 1 aromatic carbocycles. The van der Waals surface area contributed by atoms with Gasteiger partial charge in [0.05, 0.1) is 28.1 Å². The number of anilines is 1. The highest BCUT2D eigenvalue weighted by molar-refractivity contribution is 6.33. The Morgan fingerprint density at radius 3 is 2.44 bits per heavy atom. The van der Waals surface area contributed by atoms with E-state index in [1.807, 2.05) is 0 Å². The minimum atomic E-state index is 0.199. The zero-order valence-electron chi connectivity index (χ0n) is 8.02. The van der Waals surface area contributed by atoms with Crippen LogP contribution in [0.1, 0.15) is 0 Å². The first-order valence-electron chi connectivity index (χ1n) is 4.35. The molecule has 4 nitrogen and oxygen atoms in total. The number of halogens is 2. The molecule has 0 radical (unpaired) electrons. The van der Waals surface area contributed by atoms with Crippen LogP contribution in [0.25, 0.3) is 0 Å². The maximum absolute atomic E-state index is 5.84. The molecule has 0 amide bonds. The summed E-state index contributed by atoms with van der Waals surface area (Å²) in [6.45, 7) is 0. The van der Waals surface area contributed by atoms with E-state index in [-0.39, 0.29) is 6.01 Å². The summed E-state index contributed by atoms with van der Waals surface area (Å²) in [7, 11) is 0. The van der Waals surface area contributed by atoms with Gasteiger partial charge in [-0.05, 0) is 12.1 Å². The molecular weight excluding hydrogens is 249 g/mol. The predicted octanol–water partition coefficient (Wildman–Crippen LogP) is 3.16. The third-order valence-corrected chi connectivity index (χ3v) is 2.30. The van der Waals surface area contributed by atoms with E-state index in [1.165, 1.54) is 12.4 Å². The standard InChI is InChI=1S/C10H7Cl2N3O/c11-6-4-14-10(15-5-6)16-7-1-2-9(13)8(12)3-7/h1-5H,13H2. The summed E-state index contributed by atoms with van der Waals surface area (Å²) < 4.78 is 5.35. The Balaban J connectivity index is 2.20. The van der Waals surface area contributed by atoms with Gasteiger partial charge in [-0.2, -0.15) is 0 Å². The van der Waals surface area contributed by atoms with Crippen LogP contribution in [0.4, 0.5) is 5.69 Å². The van der Waals surface area contributed by atoms with Crippen LogP contribution < -0.4 is 10.5 Å². The highest BCUT2D eigenvalue weighted by atomic mass is 35.5. The number of ether oxygens (including phenoxy) is 1. The van der Waals surface area contributed by atoms with Crippen LogP contribution in [0.2, 0.25) is 10.0 Å². The number of rotatable bonds is 2. The van der Waals surface area contributed by atoms with Crippen LogP contribution >= 0.6 is 23.2 Å². The molecule has 1 aromatic heterocycles. The molecular formula is C10H7Cl2N3O. The van der Waals surface area contributed by atoms with Gasteiger partial charge in [-0.15, -0.1) is 0 Å². The monoisotopic (exact) mass is 255 g/mol. The van der Waals surface area contributed by atoms with E-state index in [1.54, 1.807) is 18.2 Å². The van der Waals surface area contributed by atoms with Crippen LogP contribution in [-0.4, -0.2) is 9.97 Å². The van der Waals surface area contributed by atoms with Crippen molar-refractivity contribution in [2.45, 2.75) is 0 Å². The molecule has 0 saturated carbocycles. The number of nitrogens with two attached hydrogens (primary N) is 1. The minimum Gasteiger partial charge on any atom is -0.424 e. The van der Waals surface area contributed by atoms with E-state index >= 15 is 0 Å². The van der Waals surface area contributed by atoms with E-state index in [0.717, 1.165) is 0 Å². The molecule has 82 valence electrons. The molecule has 0 aliphatic heterocycles. The molecule has 0 spiro atoms.